The standard InChI is InChI=1S/C26H34N4O7/c1-26(2,3)37-25(35)29-14-12-28(13-15-29)11-4-5-16-36-19-8-6-7-17-21(19)24(34)30(23(17)33)18-9-10-20(31)27-22(18)32/h6-8,18H,4-5,9-16H2,1-3H3,(H,27,31,32). The zero-order chi connectivity index (χ0) is 26.7. The van der Waals surface area contributed by atoms with E-state index in [0.717, 1.165) is 37.4 Å². The Hall–Kier alpha value is -3.47. The number of hydrogen-bond acceptors (Lipinski definition) is 8. The van der Waals surface area contributed by atoms with E-state index < -0.39 is 35.3 Å². The van der Waals surface area contributed by atoms with E-state index >= 15 is 0 Å². The van der Waals surface area contributed by atoms with Gasteiger partial charge >= 0.3 is 6.09 Å². The maximum Gasteiger partial charge on any atom is 0.410 e. The number of carbonyl (C=O) groups excluding carboxylic acids is 5. The van der Waals surface area contributed by atoms with Crippen LogP contribution in [0.1, 0.15) is 67.2 Å². The first kappa shape index (κ1) is 26.6. The zero-order valence-corrected chi connectivity index (χ0v) is 21.6. The third-order valence-electron chi connectivity index (χ3n) is 6.58. The van der Waals surface area contributed by atoms with E-state index in [4.69, 9.17) is 9.47 Å². The molecule has 1 N–H and O–H groups in total. The van der Waals surface area contributed by atoms with E-state index in [2.05, 4.69) is 10.2 Å². The van der Waals surface area contributed by atoms with Crippen LogP contribution < -0.4 is 10.1 Å². The normalized spacial score (nSPS) is 20.7. The molecule has 1 aromatic rings. The van der Waals surface area contributed by atoms with Gasteiger partial charge in [0, 0.05) is 32.6 Å². The third kappa shape index (κ3) is 6.10. The van der Waals surface area contributed by atoms with Crippen LogP contribution in [0, 0.1) is 0 Å². The Labute approximate surface area is 216 Å². The molecule has 0 spiro atoms. The number of fused-ring (bicyclic) bond motifs is 1. The maximum atomic E-state index is 13.1. The summed E-state index contributed by atoms with van der Waals surface area (Å²) in [6, 6.07) is 3.84. The minimum atomic E-state index is -1.01. The lowest BCUT2D eigenvalue weighted by Gasteiger charge is -2.35. The number of hydrogen-bond donors (Lipinski definition) is 1. The average Bonchev–Trinajstić information content (AvgIpc) is 3.09. The lowest BCUT2D eigenvalue weighted by Crippen LogP contribution is -2.54. The number of benzene rings is 1. The van der Waals surface area contributed by atoms with Crippen molar-refractivity contribution in [1.29, 1.82) is 0 Å². The molecule has 3 aliphatic rings. The first-order valence-electron chi connectivity index (χ1n) is 12.7. The summed E-state index contributed by atoms with van der Waals surface area (Å²) in [4.78, 5) is 66.9. The molecule has 0 radical (unpaired) electrons. The number of carbonyl (C=O) groups is 5. The number of nitrogens with zero attached hydrogens (tertiary/aromatic N) is 3. The van der Waals surface area contributed by atoms with Crippen molar-refractivity contribution in [3.63, 3.8) is 0 Å². The Morgan fingerprint density at radius 3 is 2.43 bits per heavy atom. The SMILES string of the molecule is CC(C)(C)OC(=O)N1CCN(CCCCOc2cccc3c2C(=O)N(C2CCC(=O)NC2=O)C3=O)CC1. The first-order chi connectivity index (χ1) is 17.5. The number of unbranched alkanes of at least 4 members (excludes halogenated alkanes) is 1. The Morgan fingerprint density at radius 1 is 1.03 bits per heavy atom. The van der Waals surface area contributed by atoms with Gasteiger partial charge in [0.15, 0.2) is 0 Å². The Balaban J connectivity index is 1.24. The van der Waals surface area contributed by atoms with Crippen molar-refractivity contribution in [3.05, 3.63) is 29.3 Å². The second kappa shape index (κ2) is 10.9. The minimum absolute atomic E-state index is 0.0726. The van der Waals surface area contributed by atoms with E-state index in [1.807, 2.05) is 20.8 Å². The molecule has 5 amide bonds. The minimum Gasteiger partial charge on any atom is -0.493 e. The van der Waals surface area contributed by atoms with Gasteiger partial charge in [-0.1, -0.05) is 6.07 Å². The van der Waals surface area contributed by atoms with Crippen molar-refractivity contribution in [3.8, 4) is 5.75 Å². The molecule has 1 aromatic carbocycles. The van der Waals surface area contributed by atoms with Gasteiger partial charge in [0.1, 0.15) is 17.4 Å². The van der Waals surface area contributed by atoms with Crippen molar-refractivity contribution >= 4 is 29.7 Å². The highest BCUT2D eigenvalue weighted by Gasteiger charge is 2.46. The summed E-state index contributed by atoms with van der Waals surface area (Å²) in [6.07, 6.45) is 1.52. The van der Waals surface area contributed by atoms with Crippen LogP contribution in [0.4, 0.5) is 4.79 Å². The fraction of sp³-hybridized carbons (Fsp3) is 0.577. The van der Waals surface area contributed by atoms with Crippen LogP contribution in [0.3, 0.4) is 0 Å². The molecule has 3 heterocycles. The highest BCUT2D eigenvalue weighted by Crippen LogP contribution is 2.33. The van der Waals surface area contributed by atoms with Crippen molar-refractivity contribution < 1.29 is 33.4 Å². The predicted molar refractivity (Wildman–Crippen MR) is 132 cm³/mol. The average molecular weight is 515 g/mol. The van der Waals surface area contributed by atoms with Gasteiger partial charge in [-0.3, -0.25) is 34.3 Å². The number of amides is 5. The van der Waals surface area contributed by atoms with Gasteiger partial charge in [0.2, 0.25) is 11.8 Å². The van der Waals surface area contributed by atoms with Crippen LogP contribution in [0.2, 0.25) is 0 Å². The van der Waals surface area contributed by atoms with Crippen molar-refractivity contribution in [1.82, 2.24) is 20.0 Å². The molecule has 1 unspecified atom stereocenters. The monoisotopic (exact) mass is 514 g/mol. The number of imide groups is 2. The summed E-state index contributed by atoms with van der Waals surface area (Å²) in [6.45, 7) is 9.60. The number of piperazine rings is 1. The molecule has 11 nitrogen and oxygen atoms in total. The van der Waals surface area contributed by atoms with Crippen LogP contribution >= 0.6 is 0 Å². The first-order valence-corrected chi connectivity index (χ1v) is 12.7. The summed E-state index contributed by atoms with van der Waals surface area (Å²) in [5.74, 6) is -1.86. The smallest absolute Gasteiger partial charge is 0.410 e. The highest BCUT2D eigenvalue weighted by atomic mass is 16.6. The lowest BCUT2D eigenvalue weighted by atomic mass is 10.0. The quantitative estimate of drug-likeness (QED) is 0.431. The third-order valence-corrected chi connectivity index (χ3v) is 6.58. The van der Waals surface area contributed by atoms with Gasteiger partial charge in [-0.25, -0.2) is 4.79 Å². The topological polar surface area (TPSA) is 126 Å². The molecular formula is C26H34N4O7. The molecule has 200 valence electrons. The Kier molecular flexibility index (Phi) is 7.82. The molecule has 0 aliphatic carbocycles. The molecule has 0 saturated carbocycles. The zero-order valence-electron chi connectivity index (χ0n) is 21.6. The number of rotatable bonds is 7. The summed E-state index contributed by atoms with van der Waals surface area (Å²) < 4.78 is 11.3. The Morgan fingerprint density at radius 2 is 1.76 bits per heavy atom. The fourth-order valence-corrected chi connectivity index (χ4v) is 4.70. The highest BCUT2D eigenvalue weighted by molar-refractivity contribution is 6.24. The molecule has 0 aromatic heterocycles. The van der Waals surface area contributed by atoms with E-state index in [0.29, 0.717) is 25.4 Å². The van der Waals surface area contributed by atoms with Gasteiger partial charge in [0.25, 0.3) is 11.8 Å². The second-order valence-electron chi connectivity index (χ2n) is 10.5. The molecule has 1 atom stereocenters. The van der Waals surface area contributed by atoms with Crippen LogP contribution in [0.25, 0.3) is 0 Å². The van der Waals surface area contributed by atoms with Gasteiger partial charge in [-0.15, -0.1) is 0 Å². The molecular weight excluding hydrogens is 480 g/mol. The van der Waals surface area contributed by atoms with E-state index in [1.165, 1.54) is 0 Å². The maximum absolute atomic E-state index is 13.1. The van der Waals surface area contributed by atoms with Crippen LogP contribution in [0.15, 0.2) is 18.2 Å². The summed E-state index contributed by atoms with van der Waals surface area (Å²) in [7, 11) is 0. The van der Waals surface area contributed by atoms with Crippen molar-refractivity contribution in [2.24, 2.45) is 0 Å². The van der Waals surface area contributed by atoms with E-state index in [9.17, 15) is 24.0 Å². The largest absolute Gasteiger partial charge is 0.493 e. The van der Waals surface area contributed by atoms with Crippen molar-refractivity contribution in [2.45, 2.75) is 58.1 Å². The summed E-state index contributed by atoms with van der Waals surface area (Å²) in [5.41, 5.74) is -0.140. The van der Waals surface area contributed by atoms with Gasteiger partial charge in [-0.2, -0.15) is 0 Å². The fourth-order valence-electron chi connectivity index (χ4n) is 4.70. The van der Waals surface area contributed by atoms with E-state index in [-0.39, 0.29) is 30.1 Å². The molecule has 37 heavy (non-hydrogen) atoms. The molecule has 0 bridgehead atoms. The van der Waals surface area contributed by atoms with Gasteiger partial charge < -0.3 is 14.4 Å². The van der Waals surface area contributed by atoms with Gasteiger partial charge in [0.05, 0.1) is 17.7 Å². The van der Waals surface area contributed by atoms with Gasteiger partial charge in [-0.05, 0) is 58.7 Å². The molecule has 3 aliphatic heterocycles. The predicted octanol–water partition coefficient (Wildman–Crippen LogP) is 1.80. The van der Waals surface area contributed by atoms with Crippen molar-refractivity contribution in [2.75, 3.05) is 39.3 Å². The molecule has 2 saturated heterocycles. The van der Waals surface area contributed by atoms with E-state index in [1.54, 1.807) is 23.1 Å². The molecule has 11 heteroatoms. The molecule has 2 fully saturated rings. The Bertz CT molecular complexity index is 1090. The second-order valence-corrected chi connectivity index (χ2v) is 10.5. The van der Waals surface area contributed by atoms with Crippen LogP contribution in [-0.4, -0.2) is 95.4 Å². The number of ether oxygens (including phenoxy) is 2. The summed E-state index contributed by atoms with van der Waals surface area (Å²) in [5, 5.41) is 2.20. The summed E-state index contributed by atoms with van der Waals surface area (Å²) >= 11 is 0. The van der Waals surface area contributed by atoms with Crippen LogP contribution in [0.5, 0.6) is 5.75 Å². The number of piperidine rings is 1. The lowest BCUT2D eigenvalue weighted by molar-refractivity contribution is -0.136. The number of nitrogens with one attached hydrogen (secondary N) is 1. The van der Waals surface area contributed by atoms with Crippen LogP contribution in [-0.2, 0) is 14.3 Å². The molecule has 4 rings (SSSR count).